The van der Waals surface area contributed by atoms with Crippen LogP contribution in [0, 0.1) is 18.3 Å². The lowest BCUT2D eigenvalue weighted by Crippen LogP contribution is -2.07. The molecule has 2 rings (SSSR count). The zero-order chi connectivity index (χ0) is 12.3. The smallest absolute Gasteiger partial charge is 0.115 e. The maximum absolute atomic E-state index is 9.05. The average Bonchev–Trinajstić information content (AvgIpc) is 2.83. The molecular weight excluding hydrogens is 230 g/mol. The van der Waals surface area contributed by atoms with E-state index in [9.17, 15) is 0 Å². The fourth-order valence-corrected chi connectivity index (χ4v) is 2.26. The van der Waals surface area contributed by atoms with E-state index in [1.54, 1.807) is 17.5 Å². The van der Waals surface area contributed by atoms with E-state index in [4.69, 9.17) is 5.26 Å². The van der Waals surface area contributed by atoms with E-state index < -0.39 is 0 Å². The summed E-state index contributed by atoms with van der Waals surface area (Å²) in [5.41, 5.74) is 2.67. The molecule has 1 aromatic carbocycles. The molecule has 0 aliphatic heterocycles. The van der Waals surface area contributed by atoms with Crippen LogP contribution in [-0.4, -0.2) is 4.98 Å². The van der Waals surface area contributed by atoms with Crippen molar-refractivity contribution in [3.8, 4) is 6.07 Å². The average molecular weight is 243 g/mol. The first-order valence-corrected chi connectivity index (χ1v) is 6.25. The van der Waals surface area contributed by atoms with Crippen molar-refractivity contribution in [1.82, 2.24) is 4.98 Å². The van der Waals surface area contributed by atoms with Gasteiger partial charge in [-0.1, -0.05) is 6.07 Å². The van der Waals surface area contributed by atoms with Crippen LogP contribution in [0.3, 0.4) is 0 Å². The molecule has 0 fully saturated rings. The highest BCUT2D eigenvalue weighted by atomic mass is 32.1. The van der Waals surface area contributed by atoms with Gasteiger partial charge in [-0.2, -0.15) is 5.26 Å². The summed E-state index contributed by atoms with van der Waals surface area (Å²) in [5.74, 6) is 0. The Bertz CT molecular complexity index is 540. The van der Waals surface area contributed by atoms with Crippen molar-refractivity contribution < 1.29 is 0 Å². The number of rotatable bonds is 3. The maximum Gasteiger partial charge on any atom is 0.115 e. The van der Waals surface area contributed by atoms with E-state index in [-0.39, 0.29) is 6.04 Å². The largest absolute Gasteiger partial charge is 0.375 e. The molecule has 1 unspecified atom stereocenters. The van der Waals surface area contributed by atoms with Gasteiger partial charge in [-0.25, -0.2) is 4.98 Å². The lowest BCUT2D eigenvalue weighted by atomic mass is 10.1. The number of benzene rings is 1. The number of nitrogens with one attached hydrogen (secondary N) is 1. The van der Waals surface area contributed by atoms with E-state index >= 15 is 0 Å². The van der Waals surface area contributed by atoms with Crippen molar-refractivity contribution in [2.75, 3.05) is 5.32 Å². The first-order chi connectivity index (χ1) is 8.20. The SMILES string of the molecule is Cc1ccc(C#N)c(NC(C)c2nccs2)c1. The van der Waals surface area contributed by atoms with Gasteiger partial charge in [0, 0.05) is 11.6 Å². The minimum atomic E-state index is 0.115. The number of nitrogens with zero attached hydrogens (tertiary/aromatic N) is 2. The first kappa shape index (κ1) is 11.6. The third-order valence-electron chi connectivity index (χ3n) is 2.49. The number of hydrogen-bond acceptors (Lipinski definition) is 4. The molecule has 17 heavy (non-hydrogen) atoms. The Morgan fingerprint density at radius 3 is 2.94 bits per heavy atom. The Labute approximate surface area is 105 Å². The predicted octanol–water partition coefficient (Wildman–Crippen LogP) is 3.50. The van der Waals surface area contributed by atoms with Gasteiger partial charge in [-0.15, -0.1) is 11.3 Å². The molecule has 86 valence electrons. The van der Waals surface area contributed by atoms with Gasteiger partial charge in [0.1, 0.15) is 11.1 Å². The Balaban J connectivity index is 2.24. The van der Waals surface area contributed by atoms with Crippen molar-refractivity contribution in [3.05, 3.63) is 45.9 Å². The molecule has 1 N–H and O–H groups in total. The maximum atomic E-state index is 9.05. The molecule has 0 radical (unpaired) electrons. The summed E-state index contributed by atoms with van der Waals surface area (Å²) in [4.78, 5) is 4.26. The minimum absolute atomic E-state index is 0.115. The van der Waals surface area contributed by atoms with Crippen LogP contribution >= 0.6 is 11.3 Å². The number of thiazole rings is 1. The Kier molecular flexibility index (Phi) is 3.40. The van der Waals surface area contributed by atoms with E-state index in [0.717, 1.165) is 16.3 Å². The molecule has 0 saturated carbocycles. The molecule has 0 spiro atoms. The number of aryl methyl sites for hydroxylation is 1. The van der Waals surface area contributed by atoms with Crippen LogP contribution in [0.2, 0.25) is 0 Å². The molecular formula is C13H13N3S. The second-order valence-corrected chi connectivity index (χ2v) is 4.82. The van der Waals surface area contributed by atoms with Gasteiger partial charge in [-0.05, 0) is 31.5 Å². The molecule has 0 aliphatic carbocycles. The summed E-state index contributed by atoms with van der Waals surface area (Å²) >= 11 is 1.61. The Hall–Kier alpha value is -1.86. The zero-order valence-electron chi connectivity index (χ0n) is 9.77. The molecule has 0 bridgehead atoms. The van der Waals surface area contributed by atoms with Crippen LogP contribution < -0.4 is 5.32 Å². The van der Waals surface area contributed by atoms with Gasteiger partial charge in [0.15, 0.2) is 0 Å². The lowest BCUT2D eigenvalue weighted by molar-refractivity contribution is 0.869. The summed E-state index contributed by atoms with van der Waals surface area (Å²) in [5, 5.41) is 15.4. The number of aromatic nitrogens is 1. The predicted molar refractivity (Wildman–Crippen MR) is 70.0 cm³/mol. The van der Waals surface area contributed by atoms with Crippen molar-refractivity contribution >= 4 is 17.0 Å². The van der Waals surface area contributed by atoms with Gasteiger partial charge in [0.25, 0.3) is 0 Å². The van der Waals surface area contributed by atoms with Crippen LogP contribution in [0.25, 0.3) is 0 Å². The molecule has 0 aliphatic rings. The van der Waals surface area contributed by atoms with Crippen molar-refractivity contribution in [2.24, 2.45) is 0 Å². The Morgan fingerprint density at radius 2 is 2.29 bits per heavy atom. The highest BCUT2D eigenvalue weighted by Crippen LogP contribution is 2.24. The monoisotopic (exact) mass is 243 g/mol. The fraction of sp³-hybridized carbons (Fsp3) is 0.231. The molecule has 0 saturated heterocycles. The Morgan fingerprint density at radius 1 is 1.47 bits per heavy atom. The molecule has 2 aromatic rings. The van der Waals surface area contributed by atoms with E-state index in [2.05, 4.69) is 16.4 Å². The highest BCUT2D eigenvalue weighted by molar-refractivity contribution is 7.09. The number of hydrogen-bond donors (Lipinski definition) is 1. The summed E-state index contributed by atoms with van der Waals surface area (Å²) in [6.45, 7) is 4.06. The van der Waals surface area contributed by atoms with Crippen molar-refractivity contribution in [2.45, 2.75) is 19.9 Å². The summed E-state index contributed by atoms with van der Waals surface area (Å²) in [6.07, 6.45) is 1.79. The van der Waals surface area contributed by atoms with E-state index in [0.29, 0.717) is 5.56 Å². The second kappa shape index (κ2) is 4.98. The van der Waals surface area contributed by atoms with Gasteiger partial charge in [-0.3, -0.25) is 0 Å². The van der Waals surface area contributed by atoms with Crippen LogP contribution in [0.1, 0.15) is 29.1 Å². The van der Waals surface area contributed by atoms with E-state index in [1.807, 2.05) is 37.4 Å². The summed E-state index contributed by atoms with van der Waals surface area (Å²) in [7, 11) is 0. The second-order valence-electron chi connectivity index (χ2n) is 3.90. The molecule has 1 heterocycles. The first-order valence-electron chi connectivity index (χ1n) is 5.37. The lowest BCUT2D eigenvalue weighted by Gasteiger charge is -2.14. The van der Waals surface area contributed by atoms with Gasteiger partial charge >= 0.3 is 0 Å². The van der Waals surface area contributed by atoms with Gasteiger partial charge < -0.3 is 5.32 Å². The molecule has 4 heteroatoms. The van der Waals surface area contributed by atoms with Crippen LogP contribution in [0.5, 0.6) is 0 Å². The van der Waals surface area contributed by atoms with Crippen LogP contribution in [0.4, 0.5) is 5.69 Å². The van der Waals surface area contributed by atoms with Gasteiger partial charge in [0.05, 0.1) is 17.3 Å². The summed E-state index contributed by atoms with van der Waals surface area (Å²) in [6, 6.07) is 8.08. The van der Waals surface area contributed by atoms with Crippen LogP contribution in [0.15, 0.2) is 29.8 Å². The van der Waals surface area contributed by atoms with Gasteiger partial charge in [0.2, 0.25) is 0 Å². The normalized spacial score (nSPS) is 11.8. The fourth-order valence-electron chi connectivity index (χ4n) is 1.62. The van der Waals surface area contributed by atoms with E-state index in [1.165, 1.54) is 0 Å². The number of nitriles is 1. The van der Waals surface area contributed by atoms with Crippen molar-refractivity contribution in [1.29, 1.82) is 5.26 Å². The number of anilines is 1. The molecule has 1 atom stereocenters. The standard InChI is InChI=1S/C13H13N3S/c1-9-3-4-11(8-14)12(7-9)16-10(2)13-15-5-6-17-13/h3-7,10,16H,1-2H3. The third kappa shape index (κ3) is 2.63. The molecule has 3 nitrogen and oxygen atoms in total. The molecule has 0 amide bonds. The summed E-state index contributed by atoms with van der Waals surface area (Å²) < 4.78 is 0. The zero-order valence-corrected chi connectivity index (χ0v) is 10.6. The minimum Gasteiger partial charge on any atom is -0.375 e. The molecule has 1 aromatic heterocycles. The van der Waals surface area contributed by atoms with Crippen molar-refractivity contribution in [3.63, 3.8) is 0 Å². The topological polar surface area (TPSA) is 48.7 Å². The highest BCUT2D eigenvalue weighted by Gasteiger charge is 2.10. The third-order valence-corrected chi connectivity index (χ3v) is 3.45. The van der Waals surface area contributed by atoms with Crippen LogP contribution in [-0.2, 0) is 0 Å². The quantitative estimate of drug-likeness (QED) is 0.897.